The third-order valence-electron chi connectivity index (χ3n) is 2.00. The van der Waals surface area contributed by atoms with Gasteiger partial charge in [0.1, 0.15) is 5.84 Å². The Morgan fingerprint density at radius 2 is 1.93 bits per heavy atom. The van der Waals surface area contributed by atoms with Gasteiger partial charge in [0.15, 0.2) is 0 Å². The second-order valence-electron chi connectivity index (χ2n) is 2.95. The Morgan fingerprint density at radius 3 is 2.43 bits per heavy atom. The zero-order valence-corrected chi connectivity index (χ0v) is 8.57. The molecule has 0 radical (unpaired) electrons. The van der Waals surface area contributed by atoms with Crippen molar-refractivity contribution in [1.29, 1.82) is 0 Å². The molecule has 0 bridgehead atoms. The maximum Gasteiger partial charge on any atom is 0.125 e. The minimum atomic E-state index is 0.570. The van der Waals surface area contributed by atoms with E-state index in [0.29, 0.717) is 5.84 Å². The maximum absolute atomic E-state index is 5.67. The summed E-state index contributed by atoms with van der Waals surface area (Å²) >= 11 is 0. The highest BCUT2D eigenvalue weighted by Gasteiger charge is 1.96. The first-order valence-corrected chi connectivity index (χ1v) is 4.50. The second-order valence-corrected chi connectivity index (χ2v) is 2.95. The van der Waals surface area contributed by atoms with Gasteiger partial charge in [-0.1, -0.05) is 24.3 Å². The van der Waals surface area contributed by atoms with Crippen LogP contribution in [-0.4, -0.2) is 26.1 Å². The number of rotatable bonds is 3. The van der Waals surface area contributed by atoms with Crippen molar-refractivity contribution in [3.05, 3.63) is 35.4 Å². The molecule has 0 saturated heterocycles. The van der Waals surface area contributed by atoms with Gasteiger partial charge < -0.3 is 10.7 Å². The van der Waals surface area contributed by atoms with E-state index in [1.165, 1.54) is 5.56 Å². The molecule has 2 N–H and O–H groups in total. The quantitative estimate of drug-likeness (QED) is 0.565. The lowest BCUT2D eigenvalue weighted by atomic mass is 10.1. The summed E-state index contributed by atoms with van der Waals surface area (Å²) < 4.78 is 0. The molecule has 1 aromatic rings. The fourth-order valence-electron chi connectivity index (χ4n) is 1.14. The molecule has 3 heteroatoms. The van der Waals surface area contributed by atoms with E-state index < -0.39 is 0 Å². The molecule has 0 fully saturated rings. The number of aliphatic imine (C=N–C) groups is 2. The topological polar surface area (TPSA) is 50.7 Å². The van der Waals surface area contributed by atoms with E-state index in [9.17, 15) is 0 Å². The molecule has 0 amide bonds. The molecule has 0 aliphatic rings. The molecule has 3 nitrogen and oxygen atoms in total. The molecule has 0 aliphatic heterocycles. The summed E-state index contributed by atoms with van der Waals surface area (Å²) in [4.78, 5) is 7.85. The third kappa shape index (κ3) is 2.69. The van der Waals surface area contributed by atoms with Crippen molar-refractivity contribution in [2.45, 2.75) is 6.42 Å². The van der Waals surface area contributed by atoms with Gasteiger partial charge >= 0.3 is 0 Å². The normalized spacial score (nSPS) is 12.3. The maximum atomic E-state index is 5.67. The molecular formula is C11H15N3. The highest BCUT2D eigenvalue weighted by Crippen LogP contribution is 2.04. The largest absolute Gasteiger partial charge is 0.384 e. The number of nitrogens with zero attached hydrogens (tertiary/aromatic N) is 2. The Balaban J connectivity index is 2.78. The Labute approximate surface area is 84.4 Å². The first kappa shape index (κ1) is 10.4. The number of hydrogen-bond acceptors (Lipinski definition) is 2. The van der Waals surface area contributed by atoms with Crippen LogP contribution in [-0.2, 0) is 6.42 Å². The lowest BCUT2D eigenvalue weighted by molar-refractivity contribution is 1.31. The van der Waals surface area contributed by atoms with Crippen molar-refractivity contribution >= 4 is 12.1 Å². The van der Waals surface area contributed by atoms with E-state index in [1.807, 2.05) is 30.5 Å². The molecule has 0 heterocycles. The van der Waals surface area contributed by atoms with Gasteiger partial charge in [0, 0.05) is 32.3 Å². The molecular weight excluding hydrogens is 174 g/mol. The molecule has 74 valence electrons. The van der Waals surface area contributed by atoms with E-state index in [-0.39, 0.29) is 0 Å². The fourth-order valence-corrected chi connectivity index (χ4v) is 1.14. The van der Waals surface area contributed by atoms with E-state index in [1.54, 1.807) is 14.1 Å². The van der Waals surface area contributed by atoms with Gasteiger partial charge in [0.25, 0.3) is 0 Å². The highest BCUT2D eigenvalue weighted by molar-refractivity contribution is 5.97. The summed E-state index contributed by atoms with van der Waals surface area (Å²) in [6.45, 7) is 0. The van der Waals surface area contributed by atoms with Crippen LogP contribution >= 0.6 is 0 Å². The summed E-state index contributed by atoms with van der Waals surface area (Å²) in [5.41, 5.74) is 7.86. The van der Waals surface area contributed by atoms with Crippen molar-refractivity contribution < 1.29 is 0 Å². The van der Waals surface area contributed by atoms with Crippen molar-refractivity contribution in [3.8, 4) is 0 Å². The average molecular weight is 189 g/mol. The van der Waals surface area contributed by atoms with Crippen LogP contribution in [0, 0.1) is 0 Å². The van der Waals surface area contributed by atoms with Crippen LogP contribution < -0.4 is 5.73 Å². The summed E-state index contributed by atoms with van der Waals surface area (Å²) in [6, 6.07) is 8.02. The molecule has 0 saturated carbocycles. The Bertz CT molecular complexity index is 336. The first-order chi connectivity index (χ1) is 6.77. The lowest BCUT2D eigenvalue weighted by Crippen LogP contribution is -2.12. The standard InChI is InChI=1S/C11H15N3/c1-13-8-7-9-3-5-10(6-4-9)11(12)14-2/h3-6,8H,7H2,1-2H3,(H2,12,14). The number of nitrogens with two attached hydrogens (primary N) is 1. The smallest absolute Gasteiger partial charge is 0.125 e. The first-order valence-electron chi connectivity index (χ1n) is 4.50. The predicted molar refractivity (Wildman–Crippen MR) is 61.2 cm³/mol. The van der Waals surface area contributed by atoms with E-state index in [2.05, 4.69) is 9.98 Å². The van der Waals surface area contributed by atoms with Crippen molar-refractivity contribution in [2.24, 2.45) is 15.7 Å². The van der Waals surface area contributed by atoms with Gasteiger partial charge in [0.2, 0.25) is 0 Å². The Kier molecular flexibility index (Phi) is 3.85. The second kappa shape index (κ2) is 5.17. The average Bonchev–Trinajstić information content (AvgIpc) is 2.26. The van der Waals surface area contributed by atoms with Gasteiger partial charge in [-0.3, -0.25) is 4.99 Å². The molecule has 1 aromatic carbocycles. The minimum absolute atomic E-state index is 0.570. The fraction of sp³-hybridized carbons (Fsp3) is 0.273. The van der Waals surface area contributed by atoms with Crippen molar-refractivity contribution in [1.82, 2.24) is 0 Å². The summed E-state index contributed by atoms with van der Waals surface area (Å²) in [6.07, 6.45) is 2.74. The molecule has 0 aromatic heterocycles. The highest BCUT2D eigenvalue weighted by atomic mass is 14.8. The predicted octanol–water partition coefficient (Wildman–Crippen LogP) is 1.26. The summed E-state index contributed by atoms with van der Waals surface area (Å²) in [5, 5.41) is 0. The Morgan fingerprint density at radius 1 is 1.29 bits per heavy atom. The summed E-state index contributed by atoms with van der Waals surface area (Å²) in [5.74, 6) is 0.570. The van der Waals surface area contributed by atoms with Gasteiger partial charge in [-0.15, -0.1) is 0 Å². The molecule has 1 rings (SSSR count). The molecule has 14 heavy (non-hydrogen) atoms. The van der Waals surface area contributed by atoms with Crippen molar-refractivity contribution in [2.75, 3.05) is 14.1 Å². The van der Waals surface area contributed by atoms with E-state index in [4.69, 9.17) is 5.73 Å². The zero-order chi connectivity index (χ0) is 10.4. The van der Waals surface area contributed by atoms with Crippen molar-refractivity contribution in [3.63, 3.8) is 0 Å². The number of benzene rings is 1. The molecule has 0 spiro atoms. The van der Waals surface area contributed by atoms with Gasteiger partial charge in [0.05, 0.1) is 0 Å². The molecule has 0 atom stereocenters. The van der Waals surface area contributed by atoms with E-state index in [0.717, 1.165) is 12.0 Å². The van der Waals surface area contributed by atoms with Gasteiger partial charge in [-0.05, 0) is 5.56 Å². The molecule has 0 aliphatic carbocycles. The zero-order valence-electron chi connectivity index (χ0n) is 8.57. The third-order valence-corrected chi connectivity index (χ3v) is 2.00. The Hall–Kier alpha value is -1.64. The van der Waals surface area contributed by atoms with Crippen LogP contribution in [0.4, 0.5) is 0 Å². The van der Waals surface area contributed by atoms with Crippen LogP contribution in [0.25, 0.3) is 0 Å². The molecule has 0 unspecified atom stereocenters. The van der Waals surface area contributed by atoms with Gasteiger partial charge in [-0.25, -0.2) is 0 Å². The SMILES string of the molecule is CN=CCc1ccc(C(N)=NC)cc1. The van der Waals surface area contributed by atoms with Crippen LogP contribution in [0.5, 0.6) is 0 Å². The van der Waals surface area contributed by atoms with Crippen LogP contribution in [0.2, 0.25) is 0 Å². The van der Waals surface area contributed by atoms with Gasteiger partial charge in [-0.2, -0.15) is 0 Å². The monoisotopic (exact) mass is 189 g/mol. The number of hydrogen-bond donors (Lipinski definition) is 1. The van der Waals surface area contributed by atoms with Crippen LogP contribution in [0.3, 0.4) is 0 Å². The van der Waals surface area contributed by atoms with E-state index >= 15 is 0 Å². The summed E-state index contributed by atoms with van der Waals surface area (Å²) in [7, 11) is 3.46. The van der Waals surface area contributed by atoms with Crippen LogP contribution in [0.15, 0.2) is 34.3 Å². The lowest BCUT2D eigenvalue weighted by Gasteiger charge is -2.00. The minimum Gasteiger partial charge on any atom is -0.384 e. The van der Waals surface area contributed by atoms with Crippen LogP contribution in [0.1, 0.15) is 11.1 Å². The number of amidine groups is 1.